The van der Waals surface area contributed by atoms with Crippen molar-refractivity contribution in [1.29, 1.82) is 0 Å². The van der Waals surface area contributed by atoms with Gasteiger partial charge in [-0.25, -0.2) is 4.79 Å². The van der Waals surface area contributed by atoms with Crippen LogP contribution < -0.4 is 20.7 Å². The number of ether oxygens (including phenoxy) is 1. The number of urea groups is 1. The van der Waals surface area contributed by atoms with E-state index in [1.165, 1.54) is 14.0 Å². The van der Waals surface area contributed by atoms with Crippen molar-refractivity contribution in [2.45, 2.75) is 38.6 Å². The molecule has 2 aliphatic rings. The summed E-state index contributed by atoms with van der Waals surface area (Å²) in [5.41, 5.74) is 1.11. The molecule has 1 aromatic carbocycles. The number of carbonyl (C=O) groups is 3. The van der Waals surface area contributed by atoms with Gasteiger partial charge in [-0.1, -0.05) is 0 Å². The van der Waals surface area contributed by atoms with E-state index in [0.717, 1.165) is 25.7 Å². The van der Waals surface area contributed by atoms with E-state index < -0.39 is 0 Å². The molecule has 146 valence electrons. The van der Waals surface area contributed by atoms with Crippen LogP contribution in [0.1, 0.15) is 32.6 Å². The van der Waals surface area contributed by atoms with Crippen LogP contribution in [0.2, 0.25) is 0 Å². The summed E-state index contributed by atoms with van der Waals surface area (Å²) in [6.07, 6.45) is 3.56. The van der Waals surface area contributed by atoms with Crippen LogP contribution >= 0.6 is 0 Å². The van der Waals surface area contributed by atoms with Gasteiger partial charge < -0.3 is 25.6 Å². The highest BCUT2D eigenvalue weighted by atomic mass is 16.5. The Hall–Kier alpha value is -2.77. The molecule has 0 aromatic heterocycles. The first-order chi connectivity index (χ1) is 13.0. The van der Waals surface area contributed by atoms with Gasteiger partial charge >= 0.3 is 6.03 Å². The third-order valence-corrected chi connectivity index (χ3v) is 4.84. The minimum absolute atomic E-state index is 0.0498. The average molecular weight is 374 g/mol. The Bertz CT molecular complexity index is 724. The lowest BCUT2D eigenvalue weighted by Crippen LogP contribution is -2.47. The number of carbonyl (C=O) groups excluding carboxylic acids is 3. The van der Waals surface area contributed by atoms with Crippen molar-refractivity contribution < 1.29 is 19.1 Å². The molecule has 1 saturated carbocycles. The number of nitrogens with zero attached hydrogens (tertiary/aromatic N) is 1. The molecule has 4 amide bonds. The summed E-state index contributed by atoms with van der Waals surface area (Å²) in [4.78, 5) is 37.5. The van der Waals surface area contributed by atoms with Crippen LogP contribution in [0.3, 0.4) is 0 Å². The topological polar surface area (TPSA) is 99.8 Å². The average Bonchev–Trinajstić information content (AvgIpc) is 3.47. The van der Waals surface area contributed by atoms with E-state index in [0.29, 0.717) is 30.2 Å². The molecule has 1 aromatic rings. The molecule has 0 atom stereocenters. The Balaban J connectivity index is 1.49. The summed E-state index contributed by atoms with van der Waals surface area (Å²) in [5.74, 6) is 0.783. The molecule has 1 aliphatic carbocycles. The molecule has 3 N–H and O–H groups in total. The van der Waals surface area contributed by atoms with Crippen molar-refractivity contribution in [1.82, 2.24) is 10.2 Å². The lowest BCUT2D eigenvalue weighted by molar-refractivity contribution is -0.133. The summed E-state index contributed by atoms with van der Waals surface area (Å²) in [7, 11) is 1.50. The molecule has 0 spiro atoms. The van der Waals surface area contributed by atoms with E-state index >= 15 is 0 Å². The number of amides is 4. The Morgan fingerprint density at radius 1 is 1.07 bits per heavy atom. The molecular formula is C19H26N4O4. The van der Waals surface area contributed by atoms with E-state index in [-0.39, 0.29) is 29.8 Å². The van der Waals surface area contributed by atoms with Crippen LogP contribution in [-0.2, 0) is 9.59 Å². The molecule has 3 rings (SSSR count). The van der Waals surface area contributed by atoms with E-state index in [2.05, 4.69) is 16.0 Å². The van der Waals surface area contributed by atoms with Crippen LogP contribution in [0.15, 0.2) is 18.2 Å². The van der Waals surface area contributed by atoms with Crippen molar-refractivity contribution in [2.75, 3.05) is 30.8 Å². The molecule has 27 heavy (non-hydrogen) atoms. The van der Waals surface area contributed by atoms with Crippen molar-refractivity contribution in [3.63, 3.8) is 0 Å². The first-order valence-electron chi connectivity index (χ1n) is 9.28. The first kappa shape index (κ1) is 19.0. The highest BCUT2D eigenvalue weighted by Crippen LogP contribution is 2.32. The summed E-state index contributed by atoms with van der Waals surface area (Å²) >= 11 is 0. The number of hydrogen-bond donors (Lipinski definition) is 3. The maximum absolute atomic E-state index is 12.3. The zero-order valence-electron chi connectivity index (χ0n) is 15.7. The van der Waals surface area contributed by atoms with Gasteiger partial charge in [-0.2, -0.15) is 0 Å². The van der Waals surface area contributed by atoms with Crippen molar-refractivity contribution >= 4 is 29.2 Å². The van der Waals surface area contributed by atoms with Gasteiger partial charge in [-0.3, -0.25) is 9.59 Å². The number of piperidine rings is 1. The molecule has 1 saturated heterocycles. The maximum Gasteiger partial charge on any atom is 0.319 e. The van der Waals surface area contributed by atoms with Crippen molar-refractivity contribution in [2.24, 2.45) is 5.92 Å². The largest absolute Gasteiger partial charge is 0.494 e. The van der Waals surface area contributed by atoms with Gasteiger partial charge in [0, 0.05) is 43.7 Å². The lowest BCUT2D eigenvalue weighted by atomic mass is 10.0. The normalized spacial score (nSPS) is 17.2. The summed E-state index contributed by atoms with van der Waals surface area (Å²) in [6, 6.07) is 4.79. The number of likely N-dealkylation sites (tertiary alicyclic amines) is 1. The summed E-state index contributed by atoms with van der Waals surface area (Å²) in [5, 5.41) is 8.41. The smallest absolute Gasteiger partial charge is 0.319 e. The standard InChI is InChI=1S/C19H26N4O4/c1-12(24)20-16-6-5-15(11-17(16)27-2)22-19(26)21-14-7-9-23(10-8-14)18(25)13-3-4-13/h5-6,11,13-14H,3-4,7-10H2,1-2H3,(H,20,24)(H2,21,22,26). The fraction of sp³-hybridized carbons (Fsp3) is 0.526. The first-order valence-corrected chi connectivity index (χ1v) is 9.28. The van der Waals surface area contributed by atoms with Gasteiger partial charge in [-0.05, 0) is 37.8 Å². The summed E-state index contributed by atoms with van der Waals surface area (Å²) < 4.78 is 5.25. The van der Waals surface area contributed by atoms with Crippen LogP contribution in [0.25, 0.3) is 0 Å². The van der Waals surface area contributed by atoms with Gasteiger partial charge in [-0.15, -0.1) is 0 Å². The Morgan fingerprint density at radius 2 is 1.78 bits per heavy atom. The molecule has 1 aliphatic heterocycles. The summed E-state index contributed by atoms with van der Waals surface area (Å²) in [6.45, 7) is 2.81. The molecule has 8 heteroatoms. The monoisotopic (exact) mass is 374 g/mol. The molecule has 1 heterocycles. The van der Waals surface area contributed by atoms with Crippen LogP contribution in [0.5, 0.6) is 5.75 Å². The molecule has 0 radical (unpaired) electrons. The molecule has 8 nitrogen and oxygen atoms in total. The van der Waals surface area contributed by atoms with Crippen molar-refractivity contribution in [3.05, 3.63) is 18.2 Å². The van der Waals surface area contributed by atoms with Gasteiger partial charge in [0.15, 0.2) is 0 Å². The van der Waals surface area contributed by atoms with Gasteiger partial charge in [0.25, 0.3) is 0 Å². The zero-order valence-corrected chi connectivity index (χ0v) is 15.7. The Labute approximate surface area is 158 Å². The fourth-order valence-electron chi connectivity index (χ4n) is 3.25. The Kier molecular flexibility index (Phi) is 5.83. The minimum atomic E-state index is -0.295. The number of rotatable bonds is 5. The molecule has 0 unspecified atom stereocenters. The lowest BCUT2D eigenvalue weighted by Gasteiger charge is -2.32. The number of nitrogens with one attached hydrogen (secondary N) is 3. The van der Waals surface area contributed by atoms with E-state index in [1.54, 1.807) is 18.2 Å². The molecule has 2 fully saturated rings. The van der Waals surface area contributed by atoms with Gasteiger partial charge in [0.2, 0.25) is 11.8 Å². The van der Waals surface area contributed by atoms with Crippen LogP contribution in [-0.4, -0.2) is 49.0 Å². The van der Waals surface area contributed by atoms with Crippen molar-refractivity contribution in [3.8, 4) is 5.75 Å². The van der Waals surface area contributed by atoms with E-state index in [1.807, 2.05) is 4.90 Å². The third-order valence-electron chi connectivity index (χ3n) is 4.84. The second-order valence-electron chi connectivity index (χ2n) is 7.07. The second-order valence-corrected chi connectivity index (χ2v) is 7.07. The number of benzene rings is 1. The second kappa shape index (κ2) is 8.28. The maximum atomic E-state index is 12.3. The predicted octanol–water partition coefficient (Wildman–Crippen LogP) is 2.18. The highest BCUT2D eigenvalue weighted by Gasteiger charge is 2.35. The third kappa shape index (κ3) is 5.12. The van der Waals surface area contributed by atoms with Crippen LogP contribution in [0.4, 0.5) is 16.2 Å². The van der Waals surface area contributed by atoms with Gasteiger partial charge in [0.05, 0.1) is 12.8 Å². The minimum Gasteiger partial charge on any atom is -0.494 e. The zero-order chi connectivity index (χ0) is 19.4. The van der Waals surface area contributed by atoms with E-state index in [4.69, 9.17) is 4.74 Å². The SMILES string of the molecule is COc1cc(NC(=O)NC2CCN(C(=O)C3CC3)CC2)ccc1NC(C)=O. The molecule has 0 bridgehead atoms. The van der Waals surface area contributed by atoms with E-state index in [9.17, 15) is 14.4 Å². The predicted molar refractivity (Wildman–Crippen MR) is 102 cm³/mol. The highest BCUT2D eigenvalue weighted by molar-refractivity contribution is 5.93. The van der Waals surface area contributed by atoms with Crippen LogP contribution in [0, 0.1) is 5.92 Å². The number of hydrogen-bond acceptors (Lipinski definition) is 4. The van der Waals surface area contributed by atoms with Gasteiger partial charge in [0.1, 0.15) is 5.75 Å². The number of methoxy groups -OCH3 is 1. The fourth-order valence-corrected chi connectivity index (χ4v) is 3.25. The Morgan fingerprint density at radius 3 is 2.37 bits per heavy atom. The molecular weight excluding hydrogens is 348 g/mol. The number of anilines is 2. The quantitative estimate of drug-likeness (QED) is 0.735.